The van der Waals surface area contributed by atoms with Gasteiger partial charge in [-0.05, 0) is 30.3 Å². The minimum Gasteiger partial charge on any atom is -0.308 e. The van der Waals surface area contributed by atoms with Crippen molar-refractivity contribution in [1.82, 2.24) is 0 Å². The summed E-state index contributed by atoms with van der Waals surface area (Å²) in [6.07, 6.45) is 0. The smallest absolute Gasteiger partial charge is 0.308 e. The van der Waals surface area contributed by atoms with Crippen molar-refractivity contribution in [2.24, 2.45) is 0 Å². The van der Waals surface area contributed by atoms with Gasteiger partial charge in [-0.3, -0.25) is 0 Å². The summed E-state index contributed by atoms with van der Waals surface area (Å²) in [7, 11) is 0. The van der Waals surface area contributed by atoms with Crippen LogP contribution in [0.15, 0.2) is 36.4 Å². The largest absolute Gasteiger partial charge is 0.323 e. The summed E-state index contributed by atoms with van der Waals surface area (Å²) in [6, 6.07) is 7.08. The van der Waals surface area contributed by atoms with E-state index in [0.717, 1.165) is 6.07 Å². The molecule has 2 amide bonds. The predicted molar refractivity (Wildman–Crippen MR) is 70.4 cm³/mol. The molecule has 104 valence electrons. The first-order valence-corrected chi connectivity index (χ1v) is 5.82. The number of amides is 2. The van der Waals surface area contributed by atoms with Gasteiger partial charge in [0.1, 0.15) is 0 Å². The van der Waals surface area contributed by atoms with Crippen LogP contribution in [0.1, 0.15) is 0 Å². The second kappa shape index (κ2) is 5.83. The first kappa shape index (κ1) is 14.2. The van der Waals surface area contributed by atoms with E-state index < -0.39 is 29.2 Å². The van der Waals surface area contributed by atoms with Gasteiger partial charge >= 0.3 is 6.03 Å². The standard InChI is InChI=1S/C13H8ClF3N2O/c14-7-2-1-3-8(6-7)18-13(20)19-10-5-4-9(15)11(16)12(10)17/h1-6H,(H2,18,19,20). The molecule has 0 fully saturated rings. The highest BCUT2D eigenvalue weighted by Gasteiger charge is 2.15. The van der Waals surface area contributed by atoms with E-state index >= 15 is 0 Å². The quantitative estimate of drug-likeness (QED) is 0.793. The van der Waals surface area contributed by atoms with Crippen LogP contribution in [0, 0.1) is 17.5 Å². The lowest BCUT2D eigenvalue weighted by Crippen LogP contribution is -2.20. The summed E-state index contributed by atoms with van der Waals surface area (Å²) in [5.41, 5.74) is -0.0959. The number of rotatable bonds is 2. The van der Waals surface area contributed by atoms with Crippen molar-refractivity contribution < 1.29 is 18.0 Å². The van der Waals surface area contributed by atoms with Crippen LogP contribution in [0.3, 0.4) is 0 Å². The van der Waals surface area contributed by atoms with E-state index in [0.29, 0.717) is 16.8 Å². The van der Waals surface area contributed by atoms with Crippen LogP contribution in [0.2, 0.25) is 5.02 Å². The molecule has 0 unspecified atom stereocenters. The monoisotopic (exact) mass is 300 g/mol. The highest BCUT2D eigenvalue weighted by Crippen LogP contribution is 2.20. The fourth-order valence-corrected chi connectivity index (χ4v) is 1.66. The molecule has 7 heteroatoms. The Kier molecular flexibility index (Phi) is 4.14. The van der Waals surface area contributed by atoms with Crippen molar-refractivity contribution >= 4 is 29.0 Å². The summed E-state index contributed by atoms with van der Waals surface area (Å²) in [4.78, 5) is 11.6. The lowest BCUT2D eigenvalue weighted by atomic mass is 10.3. The Morgan fingerprint density at radius 2 is 1.75 bits per heavy atom. The number of benzene rings is 2. The number of carbonyl (C=O) groups excluding carboxylic acids is 1. The van der Waals surface area contributed by atoms with Crippen molar-refractivity contribution in [1.29, 1.82) is 0 Å². The molecule has 0 atom stereocenters. The van der Waals surface area contributed by atoms with Gasteiger partial charge in [-0.25, -0.2) is 18.0 Å². The molecule has 0 spiro atoms. The Morgan fingerprint density at radius 3 is 2.45 bits per heavy atom. The second-order valence-electron chi connectivity index (χ2n) is 3.81. The Morgan fingerprint density at radius 1 is 1.00 bits per heavy atom. The molecular weight excluding hydrogens is 293 g/mol. The summed E-state index contributed by atoms with van der Waals surface area (Å²) in [6.45, 7) is 0. The fourth-order valence-electron chi connectivity index (χ4n) is 1.47. The number of carbonyl (C=O) groups is 1. The van der Waals surface area contributed by atoms with Crippen LogP contribution in [0.5, 0.6) is 0 Å². The van der Waals surface area contributed by atoms with E-state index in [4.69, 9.17) is 11.6 Å². The number of halogens is 4. The molecule has 0 aliphatic rings. The molecule has 0 aliphatic carbocycles. The van der Waals surface area contributed by atoms with Crippen LogP contribution in [-0.2, 0) is 0 Å². The highest BCUT2D eigenvalue weighted by atomic mass is 35.5. The average molecular weight is 301 g/mol. The van der Waals surface area contributed by atoms with Crippen LogP contribution in [0.25, 0.3) is 0 Å². The van der Waals surface area contributed by atoms with Gasteiger partial charge in [0, 0.05) is 10.7 Å². The molecule has 0 saturated heterocycles. The molecule has 0 aromatic heterocycles. The third kappa shape index (κ3) is 3.21. The van der Waals surface area contributed by atoms with Gasteiger partial charge in [0.2, 0.25) is 0 Å². The summed E-state index contributed by atoms with van der Waals surface area (Å²) < 4.78 is 39.1. The van der Waals surface area contributed by atoms with Gasteiger partial charge in [-0.1, -0.05) is 17.7 Å². The molecule has 0 aliphatic heterocycles. The van der Waals surface area contributed by atoms with Crippen LogP contribution in [0.4, 0.5) is 29.3 Å². The lowest BCUT2D eigenvalue weighted by Gasteiger charge is -2.09. The van der Waals surface area contributed by atoms with Crippen molar-refractivity contribution in [2.75, 3.05) is 10.6 Å². The molecular formula is C13H8ClF3N2O. The molecule has 2 N–H and O–H groups in total. The van der Waals surface area contributed by atoms with E-state index in [1.807, 2.05) is 0 Å². The third-order valence-corrected chi connectivity index (χ3v) is 2.60. The summed E-state index contributed by atoms with van der Waals surface area (Å²) >= 11 is 5.73. The van der Waals surface area contributed by atoms with E-state index in [1.165, 1.54) is 6.07 Å². The number of urea groups is 1. The molecule has 0 heterocycles. The molecule has 0 radical (unpaired) electrons. The van der Waals surface area contributed by atoms with Gasteiger partial charge < -0.3 is 10.6 Å². The van der Waals surface area contributed by atoms with Crippen LogP contribution < -0.4 is 10.6 Å². The number of anilines is 2. The third-order valence-electron chi connectivity index (χ3n) is 2.37. The molecule has 0 saturated carbocycles. The minimum absolute atomic E-state index is 0.373. The van der Waals surface area contributed by atoms with Crippen molar-refractivity contribution in [2.45, 2.75) is 0 Å². The Labute approximate surface area is 117 Å². The van der Waals surface area contributed by atoms with E-state index in [1.54, 1.807) is 18.2 Å². The van der Waals surface area contributed by atoms with Gasteiger partial charge in [-0.15, -0.1) is 0 Å². The lowest BCUT2D eigenvalue weighted by molar-refractivity contribution is 0.262. The number of hydrogen-bond donors (Lipinski definition) is 2. The van der Waals surface area contributed by atoms with Gasteiger partial charge in [0.05, 0.1) is 5.69 Å². The Hall–Kier alpha value is -2.21. The maximum Gasteiger partial charge on any atom is 0.323 e. The van der Waals surface area contributed by atoms with Crippen LogP contribution in [-0.4, -0.2) is 6.03 Å². The van der Waals surface area contributed by atoms with Crippen molar-refractivity contribution in [3.05, 3.63) is 58.9 Å². The van der Waals surface area contributed by atoms with Gasteiger partial charge in [0.25, 0.3) is 0 Å². The first-order chi connectivity index (χ1) is 9.47. The van der Waals surface area contributed by atoms with E-state index in [-0.39, 0.29) is 0 Å². The molecule has 2 aromatic carbocycles. The topological polar surface area (TPSA) is 41.1 Å². The summed E-state index contributed by atoms with van der Waals surface area (Å²) in [5, 5.41) is 4.85. The van der Waals surface area contributed by atoms with E-state index in [9.17, 15) is 18.0 Å². The van der Waals surface area contributed by atoms with E-state index in [2.05, 4.69) is 10.6 Å². The first-order valence-electron chi connectivity index (χ1n) is 5.44. The maximum atomic E-state index is 13.3. The average Bonchev–Trinajstić information content (AvgIpc) is 2.39. The minimum atomic E-state index is -1.65. The molecule has 2 aromatic rings. The SMILES string of the molecule is O=C(Nc1cccc(Cl)c1)Nc1ccc(F)c(F)c1F. The predicted octanol–water partition coefficient (Wildman–Crippen LogP) is 4.40. The van der Waals surface area contributed by atoms with Crippen LogP contribution >= 0.6 is 11.6 Å². The number of hydrogen-bond acceptors (Lipinski definition) is 1. The fraction of sp³-hybridized carbons (Fsp3) is 0. The second-order valence-corrected chi connectivity index (χ2v) is 4.25. The molecule has 2 rings (SSSR count). The zero-order valence-electron chi connectivity index (χ0n) is 9.88. The molecule has 3 nitrogen and oxygen atoms in total. The maximum absolute atomic E-state index is 13.3. The summed E-state index contributed by atoms with van der Waals surface area (Å²) in [5.74, 6) is -4.44. The molecule has 0 bridgehead atoms. The molecule has 20 heavy (non-hydrogen) atoms. The van der Waals surface area contributed by atoms with Crippen molar-refractivity contribution in [3.8, 4) is 0 Å². The van der Waals surface area contributed by atoms with Crippen molar-refractivity contribution in [3.63, 3.8) is 0 Å². The Bertz CT molecular complexity index is 664. The highest BCUT2D eigenvalue weighted by molar-refractivity contribution is 6.30. The Balaban J connectivity index is 2.11. The number of nitrogens with one attached hydrogen (secondary N) is 2. The zero-order valence-corrected chi connectivity index (χ0v) is 10.6. The van der Waals surface area contributed by atoms with Gasteiger partial charge in [0.15, 0.2) is 17.5 Å². The van der Waals surface area contributed by atoms with Gasteiger partial charge in [-0.2, -0.15) is 0 Å². The normalized spacial score (nSPS) is 10.2. The zero-order chi connectivity index (χ0) is 14.7.